The zero-order valence-electron chi connectivity index (χ0n) is 10.7. The van der Waals surface area contributed by atoms with Crippen molar-refractivity contribution >= 4 is 28.9 Å². The molecule has 100 valence electrons. The molecule has 0 amide bonds. The maximum Gasteiger partial charge on any atom is 0.337 e. The molecule has 0 spiro atoms. The average Bonchev–Trinajstić information content (AvgIpc) is 2.46. The van der Waals surface area contributed by atoms with Gasteiger partial charge in [0.15, 0.2) is 0 Å². The Kier molecular flexibility index (Phi) is 3.92. The first-order valence-electron chi connectivity index (χ1n) is 5.80. The average molecular weight is 287 g/mol. The minimum absolute atomic E-state index is 0.129. The van der Waals surface area contributed by atoms with Gasteiger partial charge in [-0.25, -0.2) is 4.79 Å². The van der Waals surface area contributed by atoms with Gasteiger partial charge in [-0.3, -0.25) is 0 Å². The molecule has 2 aromatic rings. The fraction of sp³-hybridized carbons (Fsp3) is 0.0667. The molecule has 0 radical (unpaired) electrons. The summed E-state index contributed by atoms with van der Waals surface area (Å²) in [5, 5.41) is 18.8. The number of carboxylic acids is 1. The number of hydrogen-bond acceptors (Lipinski definition) is 3. The molecular formula is C15H11ClN2O2. The smallest absolute Gasteiger partial charge is 0.337 e. The summed E-state index contributed by atoms with van der Waals surface area (Å²) in [6.07, 6.45) is 0. The highest BCUT2D eigenvalue weighted by Crippen LogP contribution is 2.31. The number of aromatic carboxylic acids is 1. The molecule has 1 N–H and O–H groups in total. The topological polar surface area (TPSA) is 64.3 Å². The summed E-state index contributed by atoms with van der Waals surface area (Å²) in [6.45, 7) is 0. The van der Waals surface area contributed by atoms with Gasteiger partial charge in [0.1, 0.15) is 6.07 Å². The molecule has 0 bridgehead atoms. The Bertz CT molecular complexity index is 707. The Morgan fingerprint density at radius 2 is 1.95 bits per heavy atom. The van der Waals surface area contributed by atoms with Crippen LogP contribution in [-0.4, -0.2) is 18.1 Å². The number of hydrogen-bond donors (Lipinski definition) is 1. The first kappa shape index (κ1) is 13.9. The molecule has 0 unspecified atom stereocenters. The summed E-state index contributed by atoms with van der Waals surface area (Å²) in [4.78, 5) is 12.9. The van der Waals surface area contributed by atoms with Crippen LogP contribution in [0.15, 0.2) is 42.5 Å². The normalized spacial score (nSPS) is 9.85. The van der Waals surface area contributed by atoms with Gasteiger partial charge in [-0.15, -0.1) is 0 Å². The molecule has 0 saturated heterocycles. The van der Waals surface area contributed by atoms with Crippen molar-refractivity contribution in [3.63, 3.8) is 0 Å². The second-order valence-electron chi connectivity index (χ2n) is 4.15. The van der Waals surface area contributed by atoms with Gasteiger partial charge in [0, 0.05) is 12.1 Å². The molecule has 0 atom stereocenters. The second kappa shape index (κ2) is 5.64. The van der Waals surface area contributed by atoms with Crippen molar-refractivity contribution in [2.45, 2.75) is 0 Å². The molecule has 0 saturated carbocycles. The monoisotopic (exact) mass is 286 g/mol. The van der Waals surface area contributed by atoms with Gasteiger partial charge >= 0.3 is 5.97 Å². The van der Waals surface area contributed by atoms with Gasteiger partial charge < -0.3 is 10.0 Å². The third kappa shape index (κ3) is 2.58. The highest BCUT2D eigenvalue weighted by Gasteiger charge is 2.17. The summed E-state index contributed by atoms with van der Waals surface area (Å²) < 4.78 is 0. The van der Waals surface area contributed by atoms with Crippen molar-refractivity contribution in [3.8, 4) is 6.07 Å². The van der Waals surface area contributed by atoms with Gasteiger partial charge in [-0.05, 0) is 30.3 Å². The molecular weight excluding hydrogens is 276 g/mol. The Hall–Kier alpha value is -2.51. The van der Waals surface area contributed by atoms with Crippen molar-refractivity contribution in [2.75, 3.05) is 11.9 Å². The third-order valence-corrected chi connectivity index (χ3v) is 3.17. The largest absolute Gasteiger partial charge is 0.478 e. The van der Waals surface area contributed by atoms with Crippen LogP contribution < -0.4 is 4.90 Å². The van der Waals surface area contributed by atoms with Gasteiger partial charge in [-0.2, -0.15) is 5.26 Å². The lowest BCUT2D eigenvalue weighted by molar-refractivity contribution is 0.0697. The van der Waals surface area contributed by atoms with Crippen molar-refractivity contribution in [1.82, 2.24) is 0 Å². The fourth-order valence-corrected chi connectivity index (χ4v) is 2.12. The zero-order chi connectivity index (χ0) is 14.7. The summed E-state index contributed by atoms with van der Waals surface area (Å²) in [7, 11) is 1.70. The summed E-state index contributed by atoms with van der Waals surface area (Å²) >= 11 is 5.94. The molecule has 0 aliphatic heterocycles. The molecule has 5 heteroatoms. The number of halogens is 1. The first-order valence-corrected chi connectivity index (χ1v) is 6.18. The number of rotatable bonds is 3. The Balaban J connectivity index is 2.59. The Morgan fingerprint density at radius 3 is 2.60 bits per heavy atom. The highest BCUT2D eigenvalue weighted by molar-refractivity contribution is 6.31. The maximum absolute atomic E-state index is 11.3. The van der Waals surface area contributed by atoms with Crippen LogP contribution >= 0.6 is 11.6 Å². The fourth-order valence-electron chi connectivity index (χ4n) is 1.95. The van der Waals surface area contributed by atoms with Crippen LogP contribution in [0.2, 0.25) is 5.02 Å². The molecule has 2 aromatic carbocycles. The summed E-state index contributed by atoms with van der Waals surface area (Å²) in [5.41, 5.74) is 1.66. The molecule has 0 aliphatic carbocycles. The van der Waals surface area contributed by atoms with E-state index in [1.165, 1.54) is 12.1 Å². The van der Waals surface area contributed by atoms with Gasteiger partial charge in [0.05, 0.1) is 22.5 Å². The number of nitriles is 1. The van der Waals surface area contributed by atoms with E-state index in [0.717, 1.165) is 0 Å². The van der Waals surface area contributed by atoms with E-state index in [9.17, 15) is 9.90 Å². The predicted octanol–water partition coefficient (Wildman–Crippen LogP) is 3.68. The van der Waals surface area contributed by atoms with E-state index in [0.29, 0.717) is 22.0 Å². The Morgan fingerprint density at radius 1 is 1.25 bits per heavy atom. The van der Waals surface area contributed by atoms with Gasteiger partial charge in [0.2, 0.25) is 0 Å². The number of nitrogens with zero attached hydrogens (tertiary/aromatic N) is 2. The second-order valence-corrected chi connectivity index (χ2v) is 4.59. The molecule has 0 fully saturated rings. The van der Waals surface area contributed by atoms with Crippen molar-refractivity contribution in [2.24, 2.45) is 0 Å². The van der Waals surface area contributed by atoms with Crippen molar-refractivity contribution in [3.05, 3.63) is 58.6 Å². The van der Waals surface area contributed by atoms with E-state index in [1.807, 2.05) is 0 Å². The Labute approximate surface area is 121 Å². The lowest BCUT2D eigenvalue weighted by Crippen LogP contribution is -2.15. The molecule has 0 heterocycles. The summed E-state index contributed by atoms with van der Waals surface area (Å²) in [6, 6.07) is 13.6. The van der Waals surface area contributed by atoms with Crippen LogP contribution in [0.1, 0.15) is 15.9 Å². The number of para-hydroxylation sites is 1. The van der Waals surface area contributed by atoms with Crippen LogP contribution in [0.25, 0.3) is 0 Å². The van der Waals surface area contributed by atoms with Gasteiger partial charge in [-0.1, -0.05) is 23.7 Å². The number of carbonyl (C=O) groups is 1. The molecule has 4 nitrogen and oxygen atoms in total. The van der Waals surface area contributed by atoms with Crippen molar-refractivity contribution in [1.29, 1.82) is 5.26 Å². The molecule has 2 rings (SSSR count). The number of carboxylic acid groups (broad SMARTS) is 1. The SMILES string of the molecule is CN(c1ccccc1C#N)c1cc(Cl)ccc1C(=O)O. The zero-order valence-corrected chi connectivity index (χ0v) is 11.4. The predicted molar refractivity (Wildman–Crippen MR) is 77.6 cm³/mol. The van der Waals surface area contributed by atoms with Crippen LogP contribution in [0.5, 0.6) is 0 Å². The third-order valence-electron chi connectivity index (χ3n) is 2.94. The van der Waals surface area contributed by atoms with E-state index >= 15 is 0 Å². The first-order chi connectivity index (χ1) is 9.54. The highest BCUT2D eigenvalue weighted by atomic mass is 35.5. The quantitative estimate of drug-likeness (QED) is 0.935. The van der Waals surface area contributed by atoms with Crippen LogP contribution in [0.4, 0.5) is 11.4 Å². The number of benzene rings is 2. The van der Waals surface area contributed by atoms with E-state index in [-0.39, 0.29) is 5.56 Å². The van der Waals surface area contributed by atoms with E-state index in [2.05, 4.69) is 6.07 Å². The minimum atomic E-state index is -1.04. The molecule has 0 aliphatic rings. The van der Waals surface area contributed by atoms with Crippen LogP contribution in [0, 0.1) is 11.3 Å². The van der Waals surface area contributed by atoms with Crippen LogP contribution in [0.3, 0.4) is 0 Å². The molecule has 0 aromatic heterocycles. The molecule has 20 heavy (non-hydrogen) atoms. The van der Waals surface area contributed by atoms with E-state index in [1.54, 1.807) is 42.3 Å². The minimum Gasteiger partial charge on any atom is -0.478 e. The van der Waals surface area contributed by atoms with Gasteiger partial charge in [0.25, 0.3) is 0 Å². The number of anilines is 2. The maximum atomic E-state index is 11.3. The lowest BCUT2D eigenvalue weighted by atomic mass is 10.1. The standard InChI is InChI=1S/C15H11ClN2O2/c1-18(13-5-3-2-4-10(13)9-17)14-8-11(16)6-7-12(14)15(19)20/h2-8H,1H3,(H,19,20). The lowest BCUT2D eigenvalue weighted by Gasteiger charge is -2.22. The van der Waals surface area contributed by atoms with E-state index in [4.69, 9.17) is 16.9 Å². The van der Waals surface area contributed by atoms with Crippen LogP contribution in [-0.2, 0) is 0 Å². The summed E-state index contributed by atoms with van der Waals surface area (Å²) in [5.74, 6) is -1.04. The van der Waals surface area contributed by atoms with E-state index < -0.39 is 5.97 Å². The van der Waals surface area contributed by atoms with Crippen molar-refractivity contribution < 1.29 is 9.90 Å².